The highest BCUT2D eigenvalue weighted by molar-refractivity contribution is 5.59. The summed E-state index contributed by atoms with van der Waals surface area (Å²) >= 11 is 0. The van der Waals surface area contributed by atoms with E-state index in [2.05, 4.69) is 19.9 Å². The Balaban J connectivity index is 0.000000924. The molecule has 124 valence electrons. The van der Waals surface area contributed by atoms with E-state index >= 15 is 0 Å². The zero-order valence-corrected chi connectivity index (χ0v) is 13.0. The molecule has 0 radical (unpaired) electrons. The standard InChI is InChI=1S/C12H13FN6O2.C2H6/c13-8-9(7-5-15-11(14)16-6-7)17-12(18-10(8)20)19-1-3-21-4-2-19;1-2/h5-6H,1-4H2,(H2,14,15,16)(H,17,18,20);1-2H3. The number of anilines is 2. The van der Waals surface area contributed by atoms with Crippen LogP contribution in [0.5, 0.6) is 0 Å². The van der Waals surface area contributed by atoms with Gasteiger partial charge in [-0.15, -0.1) is 0 Å². The number of nitrogens with two attached hydrogens (primary N) is 1. The van der Waals surface area contributed by atoms with E-state index in [9.17, 15) is 9.18 Å². The van der Waals surface area contributed by atoms with Crippen molar-refractivity contribution in [2.75, 3.05) is 36.9 Å². The second-order valence-electron chi connectivity index (χ2n) is 4.48. The van der Waals surface area contributed by atoms with E-state index in [1.54, 1.807) is 0 Å². The predicted octanol–water partition coefficient (Wildman–Crippen LogP) is 0.811. The topological polar surface area (TPSA) is 110 Å². The number of aromatic amines is 1. The van der Waals surface area contributed by atoms with Crippen LogP contribution in [0.25, 0.3) is 11.3 Å². The van der Waals surface area contributed by atoms with Crippen molar-refractivity contribution in [2.45, 2.75) is 13.8 Å². The van der Waals surface area contributed by atoms with E-state index in [0.717, 1.165) is 0 Å². The fourth-order valence-corrected chi connectivity index (χ4v) is 2.02. The number of nitrogen functional groups attached to an aromatic ring is 1. The molecule has 0 aliphatic carbocycles. The molecule has 1 aliphatic rings. The van der Waals surface area contributed by atoms with Gasteiger partial charge in [-0.2, -0.15) is 4.39 Å². The number of morpholine rings is 1. The van der Waals surface area contributed by atoms with E-state index in [4.69, 9.17) is 10.5 Å². The average Bonchev–Trinajstić information content (AvgIpc) is 2.61. The lowest BCUT2D eigenvalue weighted by Crippen LogP contribution is -2.38. The molecule has 8 nitrogen and oxygen atoms in total. The molecule has 0 atom stereocenters. The summed E-state index contributed by atoms with van der Waals surface area (Å²) in [6.07, 6.45) is 2.66. The molecule has 3 N–H and O–H groups in total. The average molecular weight is 322 g/mol. The van der Waals surface area contributed by atoms with Gasteiger partial charge in [0.25, 0.3) is 5.56 Å². The van der Waals surface area contributed by atoms with Crippen molar-refractivity contribution in [3.63, 3.8) is 0 Å². The van der Waals surface area contributed by atoms with Crippen molar-refractivity contribution in [1.29, 1.82) is 0 Å². The molecule has 0 saturated carbocycles. The summed E-state index contributed by atoms with van der Waals surface area (Å²) < 4.78 is 19.2. The highest BCUT2D eigenvalue weighted by Crippen LogP contribution is 2.19. The van der Waals surface area contributed by atoms with Gasteiger partial charge in [-0.3, -0.25) is 9.78 Å². The Bertz CT molecular complexity index is 697. The van der Waals surface area contributed by atoms with Crippen LogP contribution in [0.3, 0.4) is 0 Å². The summed E-state index contributed by atoms with van der Waals surface area (Å²) in [5.74, 6) is -0.602. The van der Waals surface area contributed by atoms with Crippen molar-refractivity contribution in [1.82, 2.24) is 19.9 Å². The second-order valence-corrected chi connectivity index (χ2v) is 4.48. The number of nitrogens with one attached hydrogen (secondary N) is 1. The van der Waals surface area contributed by atoms with Crippen molar-refractivity contribution in [2.24, 2.45) is 0 Å². The maximum Gasteiger partial charge on any atom is 0.289 e. The largest absolute Gasteiger partial charge is 0.378 e. The van der Waals surface area contributed by atoms with Crippen molar-refractivity contribution >= 4 is 11.9 Å². The molecule has 23 heavy (non-hydrogen) atoms. The Morgan fingerprint density at radius 3 is 2.48 bits per heavy atom. The molecule has 3 rings (SSSR count). The van der Waals surface area contributed by atoms with Gasteiger partial charge in [0, 0.05) is 31.0 Å². The molecule has 0 unspecified atom stereocenters. The highest BCUT2D eigenvalue weighted by Gasteiger charge is 2.19. The summed E-state index contributed by atoms with van der Waals surface area (Å²) in [7, 11) is 0. The first-order valence-electron chi connectivity index (χ1n) is 7.35. The third-order valence-corrected chi connectivity index (χ3v) is 3.11. The summed E-state index contributed by atoms with van der Waals surface area (Å²) in [4.78, 5) is 27.7. The lowest BCUT2D eigenvalue weighted by Gasteiger charge is -2.27. The first-order chi connectivity index (χ1) is 11.1. The molecule has 2 aromatic heterocycles. The number of hydrogen-bond donors (Lipinski definition) is 2. The summed E-state index contributed by atoms with van der Waals surface area (Å²) in [5, 5.41) is 0. The normalized spacial score (nSPS) is 14.1. The van der Waals surface area contributed by atoms with Crippen LogP contribution in [-0.2, 0) is 4.74 Å². The predicted molar refractivity (Wildman–Crippen MR) is 84.6 cm³/mol. The van der Waals surface area contributed by atoms with Crippen LogP contribution in [0.4, 0.5) is 16.3 Å². The number of rotatable bonds is 2. The van der Waals surface area contributed by atoms with Gasteiger partial charge in [0.15, 0.2) is 0 Å². The molecule has 3 heterocycles. The Morgan fingerprint density at radius 1 is 1.26 bits per heavy atom. The lowest BCUT2D eigenvalue weighted by atomic mass is 10.2. The van der Waals surface area contributed by atoms with Gasteiger partial charge in [-0.25, -0.2) is 15.0 Å². The number of ether oxygens (including phenoxy) is 1. The Kier molecular flexibility index (Phi) is 5.58. The molecular formula is C14H19FN6O2. The molecule has 0 bridgehead atoms. The minimum Gasteiger partial charge on any atom is -0.378 e. The zero-order chi connectivity index (χ0) is 16.8. The van der Waals surface area contributed by atoms with Gasteiger partial charge >= 0.3 is 0 Å². The summed E-state index contributed by atoms with van der Waals surface area (Å²) in [6, 6.07) is 0. The molecule has 1 aliphatic heterocycles. The van der Waals surface area contributed by atoms with Crippen LogP contribution >= 0.6 is 0 Å². The number of aromatic nitrogens is 4. The molecule has 1 fully saturated rings. The van der Waals surface area contributed by atoms with Crippen LogP contribution in [0.2, 0.25) is 0 Å². The van der Waals surface area contributed by atoms with Gasteiger partial charge in [0.05, 0.1) is 13.2 Å². The van der Waals surface area contributed by atoms with Crippen molar-refractivity contribution in [3.8, 4) is 11.3 Å². The van der Waals surface area contributed by atoms with Gasteiger partial charge in [-0.1, -0.05) is 13.8 Å². The van der Waals surface area contributed by atoms with Crippen molar-refractivity contribution in [3.05, 3.63) is 28.6 Å². The van der Waals surface area contributed by atoms with E-state index < -0.39 is 11.4 Å². The molecule has 0 aromatic carbocycles. The van der Waals surface area contributed by atoms with E-state index in [1.807, 2.05) is 18.7 Å². The first-order valence-corrected chi connectivity index (χ1v) is 7.35. The maximum atomic E-state index is 14.0. The number of halogens is 1. The van der Waals surface area contributed by atoms with Crippen molar-refractivity contribution < 1.29 is 9.13 Å². The van der Waals surface area contributed by atoms with Gasteiger partial charge in [0.2, 0.25) is 17.7 Å². The second kappa shape index (κ2) is 7.63. The monoisotopic (exact) mass is 322 g/mol. The molecule has 0 spiro atoms. The van der Waals surface area contributed by atoms with Gasteiger partial charge < -0.3 is 15.4 Å². The number of hydrogen-bond acceptors (Lipinski definition) is 7. The fraction of sp³-hybridized carbons (Fsp3) is 0.429. The molecule has 2 aromatic rings. The Morgan fingerprint density at radius 2 is 1.87 bits per heavy atom. The number of H-pyrrole nitrogens is 1. The van der Waals surface area contributed by atoms with Crippen LogP contribution in [0.1, 0.15) is 13.8 Å². The molecule has 9 heteroatoms. The minimum absolute atomic E-state index is 0.0670. The fourth-order valence-electron chi connectivity index (χ4n) is 2.02. The van der Waals surface area contributed by atoms with Crippen LogP contribution in [-0.4, -0.2) is 46.2 Å². The Hall–Kier alpha value is -2.55. The third-order valence-electron chi connectivity index (χ3n) is 3.11. The summed E-state index contributed by atoms with van der Waals surface area (Å²) in [5.41, 5.74) is 4.76. The lowest BCUT2D eigenvalue weighted by molar-refractivity contribution is 0.122. The van der Waals surface area contributed by atoms with Gasteiger partial charge in [-0.05, 0) is 0 Å². The van der Waals surface area contributed by atoms with Crippen LogP contribution in [0.15, 0.2) is 17.2 Å². The number of nitrogens with zero attached hydrogens (tertiary/aromatic N) is 4. The highest BCUT2D eigenvalue weighted by atomic mass is 19.1. The molecular weight excluding hydrogens is 303 g/mol. The van der Waals surface area contributed by atoms with Gasteiger partial charge in [0.1, 0.15) is 5.69 Å². The SMILES string of the molecule is CC.Nc1ncc(-c2nc(N3CCOCC3)[nH]c(=O)c2F)cn1. The van der Waals surface area contributed by atoms with Crippen LogP contribution in [0, 0.1) is 5.82 Å². The third kappa shape index (κ3) is 3.81. The maximum absolute atomic E-state index is 14.0. The summed E-state index contributed by atoms with van der Waals surface area (Å²) in [6.45, 7) is 6.21. The smallest absolute Gasteiger partial charge is 0.289 e. The molecule has 0 amide bonds. The zero-order valence-electron chi connectivity index (χ0n) is 13.0. The van der Waals surface area contributed by atoms with E-state index in [0.29, 0.717) is 37.8 Å². The minimum atomic E-state index is -0.972. The Labute approximate surface area is 132 Å². The molecule has 1 saturated heterocycles. The van der Waals surface area contributed by atoms with Crippen LogP contribution < -0.4 is 16.2 Å². The van der Waals surface area contributed by atoms with E-state index in [-0.39, 0.29) is 11.6 Å². The first kappa shape index (κ1) is 16.8. The van der Waals surface area contributed by atoms with E-state index in [1.165, 1.54) is 12.4 Å². The quantitative estimate of drug-likeness (QED) is 0.842.